The molecule has 1 atom stereocenters. The first-order valence-corrected chi connectivity index (χ1v) is 7.26. The van der Waals surface area contributed by atoms with E-state index in [1.807, 2.05) is 0 Å². The van der Waals surface area contributed by atoms with Crippen molar-refractivity contribution in [1.82, 2.24) is 4.90 Å². The molecule has 2 aliphatic rings. The zero-order valence-electron chi connectivity index (χ0n) is 11.1. The summed E-state index contributed by atoms with van der Waals surface area (Å²) in [6.07, 6.45) is 4.28. The summed E-state index contributed by atoms with van der Waals surface area (Å²) in [5.74, 6) is 1.70. The van der Waals surface area contributed by atoms with Crippen molar-refractivity contribution in [3.8, 4) is 0 Å². The second-order valence-electron chi connectivity index (χ2n) is 5.75. The Morgan fingerprint density at radius 3 is 2.67 bits per heavy atom. The fourth-order valence-corrected chi connectivity index (χ4v) is 3.09. The second kappa shape index (κ2) is 5.85. The third kappa shape index (κ3) is 2.93. The Morgan fingerprint density at radius 1 is 1.11 bits per heavy atom. The molecule has 1 heterocycles. The van der Waals surface area contributed by atoms with Crippen molar-refractivity contribution in [2.75, 3.05) is 26.3 Å². The molecule has 1 aliphatic carbocycles. The van der Waals surface area contributed by atoms with Gasteiger partial charge in [0.25, 0.3) is 0 Å². The summed E-state index contributed by atoms with van der Waals surface area (Å²) in [4.78, 5) is 2.57. The lowest BCUT2D eigenvalue weighted by Crippen LogP contribution is -2.35. The monoisotopic (exact) mass is 245 g/mol. The van der Waals surface area contributed by atoms with E-state index >= 15 is 0 Å². The van der Waals surface area contributed by atoms with E-state index in [1.165, 1.54) is 31.4 Å². The van der Waals surface area contributed by atoms with Gasteiger partial charge in [0.1, 0.15) is 0 Å². The van der Waals surface area contributed by atoms with E-state index in [2.05, 4.69) is 35.2 Å². The molecule has 0 N–H and O–H groups in total. The Bertz CT molecular complexity index is 361. The molecule has 1 saturated heterocycles. The van der Waals surface area contributed by atoms with Gasteiger partial charge in [-0.25, -0.2) is 0 Å². The van der Waals surface area contributed by atoms with Gasteiger partial charge < -0.3 is 4.74 Å². The summed E-state index contributed by atoms with van der Waals surface area (Å²) in [5, 5.41) is 0. The number of benzene rings is 1. The molecule has 18 heavy (non-hydrogen) atoms. The van der Waals surface area contributed by atoms with Crippen LogP contribution >= 0.6 is 0 Å². The highest BCUT2D eigenvalue weighted by Crippen LogP contribution is 2.34. The summed E-state index contributed by atoms with van der Waals surface area (Å²) < 4.78 is 5.79. The topological polar surface area (TPSA) is 12.5 Å². The summed E-state index contributed by atoms with van der Waals surface area (Å²) in [5.41, 5.74) is 1.42. The van der Waals surface area contributed by atoms with Crippen LogP contribution in [0.4, 0.5) is 0 Å². The first-order valence-electron chi connectivity index (χ1n) is 7.26. The van der Waals surface area contributed by atoms with Gasteiger partial charge in [-0.15, -0.1) is 0 Å². The molecular formula is C16H23NO. The Balaban J connectivity index is 1.60. The van der Waals surface area contributed by atoms with E-state index in [-0.39, 0.29) is 0 Å². The van der Waals surface area contributed by atoms with Crippen molar-refractivity contribution >= 4 is 0 Å². The molecule has 1 aromatic rings. The molecule has 2 nitrogen and oxygen atoms in total. The minimum absolute atomic E-state index is 0.768. The molecule has 1 unspecified atom stereocenters. The molecule has 1 aromatic carbocycles. The maximum Gasteiger partial charge on any atom is 0.0593 e. The molecule has 0 bridgehead atoms. The van der Waals surface area contributed by atoms with E-state index in [0.717, 1.165) is 38.1 Å². The quantitative estimate of drug-likeness (QED) is 0.812. The van der Waals surface area contributed by atoms with Crippen molar-refractivity contribution in [1.29, 1.82) is 0 Å². The minimum atomic E-state index is 0.768. The van der Waals surface area contributed by atoms with Crippen LogP contribution in [0.25, 0.3) is 0 Å². The van der Waals surface area contributed by atoms with Crippen LogP contribution in [0.2, 0.25) is 0 Å². The van der Waals surface area contributed by atoms with Crippen LogP contribution in [0.1, 0.15) is 24.8 Å². The molecule has 2 heteroatoms. The van der Waals surface area contributed by atoms with Crippen LogP contribution in [-0.4, -0.2) is 31.2 Å². The Kier molecular flexibility index (Phi) is 3.96. The molecule has 2 fully saturated rings. The van der Waals surface area contributed by atoms with Crippen LogP contribution in [0.15, 0.2) is 30.3 Å². The zero-order valence-corrected chi connectivity index (χ0v) is 11.1. The van der Waals surface area contributed by atoms with Gasteiger partial charge in [-0.05, 0) is 17.4 Å². The fraction of sp³-hybridized carbons (Fsp3) is 0.625. The molecule has 0 radical (unpaired) electrons. The third-order valence-corrected chi connectivity index (χ3v) is 4.44. The number of ether oxygens (including phenoxy) is 1. The normalized spacial score (nSPS) is 26.6. The average Bonchev–Trinajstić information content (AvgIpc) is 2.54. The molecule has 0 amide bonds. The SMILES string of the molecule is c1ccc(CN2CCOCC(C3CCC3)C2)cc1. The van der Waals surface area contributed by atoms with Crippen LogP contribution in [0, 0.1) is 11.8 Å². The standard InChI is InChI=1S/C16H23NO/c1-2-5-14(6-3-1)11-17-9-10-18-13-16(12-17)15-7-4-8-15/h1-3,5-6,15-16H,4,7-13H2. The highest BCUT2D eigenvalue weighted by Gasteiger charge is 2.30. The second-order valence-corrected chi connectivity index (χ2v) is 5.75. The summed E-state index contributed by atoms with van der Waals surface area (Å²) in [6.45, 7) is 5.26. The van der Waals surface area contributed by atoms with Crippen LogP contribution in [0.3, 0.4) is 0 Å². The smallest absolute Gasteiger partial charge is 0.0593 e. The van der Waals surface area contributed by atoms with Gasteiger partial charge in [-0.2, -0.15) is 0 Å². The van der Waals surface area contributed by atoms with Crippen molar-refractivity contribution < 1.29 is 4.74 Å². The van der Waals surface area contributed by atoms with Crippen LogP contribution < -0.4 is 0 Å². The fourth-order valence-electron chi connectivity index (χ4n) is 3.09. The Hall–Kier alpha value is -0.860. The number of hydrogen-bond donors (Lipinski definition) is 0. The lowest BCUT2D eigenvalue weighted by atomic mass is 9.76. The molecule has 0 spiro atoms. The maximum absolute atomic E-state index is 5.79. The lowest BCUT2D eigenvalue weighted by Gasteiger charge is -2.35. The number of hydrogen-bond acceptors (Lipinski definition) is 2. The van der Waals surface area contributed by atoms with Crippen molar-refractivity contribution in [2.45, 2.75) is 25.8 Å². The van der Waals surface area contributed by atoms with Gasteiger partial charge in [0, 0.05) is 19.6 Å². The molecule has 1 aliphatic heterocycles. The average molecular weight is 245 g/mol. The van der Waals surface area contributed by atoms with E-state index in [9.17, 15) is 0 Å². The third-order valence-electron chi connectivity index (χ3n) is 4.44. The predicted molar refractivity (Wildman–Crippen MR) is 73.4 cm³/mol. The Morgan fingerprint density at radius 2 is 1.94 bits per heavy atom. The highest BCUT2D eigenvalue weighted by atomic mass is 16.5. The van der Waals surface area contributed by atoms with E-state index in [4.69, 9.17) is 4.74 Å². The molecule has 3 rings (SSSR count). The van der Waals surface area contributed by atoms with Crippen molar-refractivity contribution in [3.05, 3.63) is 35.9 Å². The highest BCUT2D eigenvalue weighted by molar-refractivity contribution is 5.14. The molecular weight excluding hydrogens is 222 g/mol. The lowest BCUT2D eigenvalue weighted by molar-refractivity contribution is 0.0769. The molecule has 98 valence electrons. The van der Waals surface area contributed by atoms with E-state index < -0.39 is 0 Å². The summed E-state index contributed by atoms with van der Waals surface area (Å²) in [6, 6.07) is 10.8. The van der Waals surface area contributed by atoms with Crippen LogP contribution in [-0.2, 0) is 11.3 Å². The number of rotatable bonds is 3. The van der Waals surface area contributed by atoms with Gasteiger partial charge in [0.2, 0.25) is 0 Å². The first kappa shape index (κ1) is 12.2. The minimum Gasteiger partial charge on any atom is -0.380 e. The zero-order chi connectivity index (χ0) is 12.2. The number of nitrogens with zero attached hydrogens (tertiary/aromatic N) is 1. The summed E-state index contributed by atoms with van der Waals surface area (Å²) >= 11 is 0. The van der Waals surface area contributed by atoms with Gasteiger partial charge >= 0.3 is 0 Å². The summed E-state index contributed by atoms with van der Waals surface area (Å²) in [7, 11) is 0. The molecule has 0 aromatic heterocycles. The first-order chi connectivity index (χ1) is 8.92. The van der Waals surface area contributed by atoms with Crippen LogP contribution in [0.5, 0.6) is 0 Å². The van der Waals surface area contributed by atoms with Gasteiger partial charge in [0.05, 0.1) is 13.2 Å². The van der Waals surface area contributed by atoms with Gasteiger partial charge in [-0.1, -0.05) is 49.6 Å². The van der Waals surface area contributed by atoms with E-state index in [1.54, 1.807) is 0 Å². The largest absolute Gasteiger partial charge is 0.380 e. The van der Waals surface area contributed by atoms with E-state index in [0.29, 0.717) is 0 Å². The maximum atomic E-state index is 5.79. The molecule has 1 saturated carbocycles. The Labute approximate surface area is 110 Å². The van der Waals surface area contributed by atoms with Crippen molar-refractivity contribution in [2.24, 2.45) is 11.8 Å². The predicted octanol–water partition coefficient (Wildman–Crippen LogP) is 2.94. The van der Waals surface area contributed by atoms with Crippen molar-refractivity contribution in [3.63, 3.8) is 0 Å². The van der Waals surface area contributed by atoms with Gasteiger partial charge in [-0.3, -0.25) is 4.90 Å². The van der Waals surface area contributed by atoms with Gasteiger partial charge in [0.15, 0.2) is 0 Å².